The molecule has 1 aliphatic rings. The van der Waals surface area contributed by atoms with Gasteiger partial charge in [0.05, 0.1) is 29.9 Å². The average molecular weight is 329 g/mol. The van der Waals surface area contributed by atoms with Crippen LogP contribution in [-0.2, 0) is 17.7 Å². The fourth-order valence-corrected chi connectivity index (χ4v) is 3.78. The van der Waals surface area contributed by atoms with Crippen molar-refractivity contribution in [1.82, 2.24) is 19.7 Å². The molecule has 3 aromatic rings. The van der Waals surface area contributed by atoms with Crippen molar-refractivity contribution in [2.75, 3.05) is 11.9 Å². The van der Waals surface area contributed by atoms with Crippen LogP contribution in [0.2, 0.25) is 0 Å². The Morgan fingerprint density at radius 2 is 2.39 bits per heavy atom. The number of hydrogen-bond acceptors (Lipinski definition) is 6. The Morgan fingerprint density at radius 3 is 3.22 bits per heavy atom. The summed E-state index contributed by atoms with van der Waals surface area (Å²) in [5.41, 5.74) is 0.937. The molecular formula is C16H19N5OS. The van der Waals surface area contributed by atoms with Crippen LogP contribution >= 0.6 is 11.3 Å². The predicted molar refractivity (Wildman–Crippen MR) is 91.3 cm³/mol. The third-order valence-corrected chi connectivity index (χ3v) is 5.23. The first-order valence-corrected chi connectivity index (χ1v) is 8.78. The molecule has 120 valence electrons. The van der Waals surface area contributed by atoms with Crippen molar-refractivity contribution in [3.8, 4) is 0 Å². The second-order valence-corrected chi connectivity index (χ2v) is 6.83. The molecule has 0 spiro atoms. The molecular weight excluding hydrogens is 310 g/mol. The van der Waals surface area contributed by atoms with Crippen molar-refractivity contribution in [3.05, 3.63) is 29.7 Å². The van der Waals surface area contributed by atoms with Gasteiger partial charge in [-0.2, -0.15) is 5.10 Å². The maximum Gasteiger partial charge on any atom is 0.142 e. The van der Waals surface area contributed by atoms with Crippen molar-refractivity contribution in [3.63, 3.8) is 0 Å². The smallest absolute Gasteiger partial charge is 0.142 e. The first-order valence-electron chi connectivity index (χ1n) is 7.96. The highest BCUT2D eigenvalue weighted by molar-refractivity contribution is 7.18. The highest BCUT2D eigenvalue weighted by Crippen LogP contribution is 2.30. The number of thiophene rings is 1. The van der Waals surface area contributed by atoms with E-state index in [0.29, 0.717) is 0 Å². The zero-order chi connectivity index (χ0) is 15.6. The maximum absolute atomic E-state index is 5.66. The van der Waals surface area contributed by atoms with Crippen molar-refractivity contribution in [1.29, 1.82) is 0 Å². The van der Waals surface area contributed by atoms with Gasteiger partial charge >= 0.3 is 0 Å². The Balaban J connectivity index is 1.53. The lowest BCUT2D eigenvalue weighted by Gasteiger charge is -2.08. The molecule has 1 N–H and O–H groups in total. The Labute approximate surface area is 138 Å². The van der Waals surface area contributed by atoms with Crippen LogP contribution in [0.3, 0.4) is 0 Å². The quantitative estimate of drug-likeness (QED) is 0.777. The Morgan fingerprint density at radius 1 is 1.43 bits per heavy atom. The van der Waals surface area contributed by atoms with Gasteiger partial charge in [-0.15, -0.1) is 11.3 Å². The van der Waals surface area contributed by atoms with Gasteiger partial charge in [-0.05, 0) is 25.3 Å². The summed E-state index contributed by atoms with van der Waals surface area (Å²) in [7, 11) is 0. The maximum atomic E-state index is 5.66. The van der Waals surface area contributed by atoms with E-state index in [4.69, 9.17) is 4.74 Å². The fraction of sp³-hybridized carbons (Fsp3) is 0.438. The molecule has 0 aromatic carbocycles. The van der Waals surface area contributed by atoms with Crippen LogP contribution in [0.15, 0.2) is 24.8 Å². The van der Waals surface area contributed by atoms with Crippen LogP contribution in [-0.4, -0.2) is 32.5 Å². The lowest BCUT2D eigenvalue weighted by atomic mass is 10.2. The predicted octanol–water partition coefficient (Wildman–Crippen LogP) is 3.37. The fourth-order valence-electron chi connectivity index (χ4n) is 2.84. The van der Waals surface area contributed by atoms with Crippen LogP contribution in [0.1, 0.15) is 24.6 Å². The number of rotatable bonds is 5. The van der Waals surface area contributed by atoms with Crippen LogP contribution in [0.5, 0.6) is 0 Å². The largest absolute Gasteiger partial charge is 0.376 e. The van der Waals surface area contributed by atoms with E-state index in [-0.39, 0.29) is 6.10 Å². The molecule has 1 atom stereocenters. The monoisotopic (exact) mass is 329 g/mol. The molecule has 4 rings (SSSR count). The van der Waals surface area contributed by atoms with E-state index in [2.05, 4.69) is 33.4 Å². The van der Waals surface area contributed by atoms with Gasteiger partial charge in [0.2, 0.25) is 0 Å². The summed E-state index contributed by atoms with van der Waals surface area (Å²) in [5, 5.41) is 8.84. The minimum atomic E-state index is 0.289. The SMILES string of the molecule is CCc1cc2c(Nc3cnn(C[C@H]4CCCO4)c3)ncnc2s1. The third-order valence-electron chi connectivity index (χ3n) is 4.04. The molecule has 0 amide bonds. The number of nitrogens with one attached hydrogen (secondary N) is 1. The van der Waals surface area contributed by atoms with Crippen molar-refractivity contribution >= 4 is 33.1 Å². The molecule has 6 nitrogen and oxygen atoms in total. The van der Waals surface area contributed by atoms with E-state index in [1.54, 1.807) is 17.7 Å². The third kappa shape index (κ3) is 3.07. The first-order chi connectivity index (χ1) is 11.3. The molecule has 4 heterocycles. The number of ether oxygens (including phenoxy) is 1. The zero-order valence-electron chi connectivity index (χ0n) is 13.0. The van der Waals surface area contributed by atoms with E-state index >= 15 is 0 Å². The molecule has 1 fully saturated rings. The number of aryl methyl sites for hydroxylation is 1. The second-order valence-electron chi connectivity index (χ2n) is 5.72. The number of aromatic nitrogens is 4. The second kappa shape index (κ2) is 6.25. The summed E-state index contributed by atoms with van der Waals surface area (Å²) < 4.78 is 7.59. The first kappa shape index (κ1) is 14.6. The van der Waals surface area contributed by atoms with Crippen LogP contribution in [0.4, 0.5) is 11.5 Å². The molecule has 23 heavy (non-hydrogen) atoms. The van der Waals surface area contributed by atoms with Gasteiger partial charge in [0.25, 0.3) is 0 Å². The number of hydrogen-bond donors (Lipinski definition) is 1. The summed E-state index contributed by atoms with van der Waals surface area (Å²) in [5.74, 6) is 0.836. The summed E-state index contributed by atoms with van der Waals surface area (Å²) >= 11 is 1.72. The highest BCUT2D eigenvalue weighted by atomic mass is 32.1. The van der Waals surface area contributed by atoms with Crippen LogP contribution < -0.4 is 5.32 Å². The molecule has 0 radical (unpaired) electrons. The Kier molecular flexibility index (Phi) is 3.97. The minimum Gasteiger partial charge on any atom is -0.376 e. The molecule has 0 aliphatic carbocycles. The van der Waals surface area contributed by atoms with Gasteiger partial charge in [0, 0.05) is 17.7 Å². The summed E-state index contributed by atoms with van der Waals surface area (Å²) in [6.45, 7) is 3.83. The lowest BCUT2D eigenvalue weighted by molar-refractivity contribution is 0.0940. The Hall–Kier alpha value is -1.99. The van der Waals surface area contributed by atoms with E-state index in [9.17, 15) is 0 Å². The van der Waals surface area contributed by atoms with E-state index in [0.717, 1.165) is 54.1 Å². The molecule has 3 aromatic heterocycles. The molecule has 1 saturated heterocycles. The van der Waals surface area contributed by atoms with Gasteiger partial charge in [-0.3, -0.25) is 4.68 Å². The van der Waals surface area contributed by atoms with Gasteiger partial charge in [0.1, 0.15) is 17.0 Å². The normalized spacial score (nSPS) is 17.9. The summed E-state index contributed by atoms with van der Waals surface area (Å²) in [6, 6.07) is 2.17. The lowest BCUT2D eigenvalue weighted by Crippen LogP contribution is -2.15. The average Bonchev–Trinajstić information content (AvgIpc) is 3.28. The van der Waals surface area contributed by atoms with Crippen molar-refractivity contribution in [2.24, 2.45) is 0 Å². The molecule has 0 saturated carbocycles. The molecule has 1 aliphatic heterocycles. The molecule has 0 bridgehead atoms. The van der Waals surface area contributed by atoms with Crippen molar-refractivity contribution in [2.45, 2.75) is 38.8 Å². The minimum absolute atomic E-state index is 0.289. The topological polar surface area (TPSA) is 64.9 Å². The van der Waals surface area contributed by atoms with Gasteiger partial charge in [0.15, 0.2) is 0 Å². The standard InChI is InChI=1S/C16H19N5OS/c1-2-13-6-14-15(17-10-18-16(14)23-13)20-11-7-19-21(8-11)9-12-4-3-5-22-12/h6-8,10,12H,2-5,9H2,1H3,(H,17,18,20)/t12-/m1/s1. The highest BCUT2D eigenvalue weighted by Gasteiger charge is 2.16. The van der Waals surface area contributed by atoms with Gasteiger partial charge in [-0.1, -0.05) is 6.92 Å². The van der Waals surface area contributed by atoms with E-state index in [1.165, 1.54) is 4.88 Å². The van der Waals surface area contributed by atoms with Gasteiger partial charge < -0.3 is 10.1 Å². The molecule has 0 unspecified atom stereocenters. The number of fused-ring (bicyclic) bond motifs is 1. The van der Waals surface area contributed by atoms with Crippen molar-refractivity contribution < 1.29 is 4.74 Å². The van der Waals surface area contributed by atoms with Gasteiger partial charge in [-0.25, -0.2) is 9.97 Å². The molecule has 7 heteroatoms. The van der Waals surface area contributed by atoms with E-state index in [1.807, 2.05) is 17.1 Å². The number of anilines is 2. The van der Waals surface area contributed by atoms with Crippen LogP contribution in [0, 0.1) is 0 Å². The number of nitrogens with zero attached hydrogens (tertiary/aromatic N) is 4. The zero-order valence-corrected chi connectivity index (χ0v) is 13.8. The summed E-state index contributed by atoms with van der Waals surface area (Å²) in [4.78, 5) is 11.1. The Bertz CT molecular complexity index is 806. The van der Waals surface area contributed by atoms with E-state index < -0.39 is 0 Å². The van der Waals surface area contributed by atoms with Crippen LogP contribution in [0.25, 0.3) is 10.2 Å². The summed E-state index contributed by atoms with van der Waals surface area (Å²) in [6.07, 6.45) is 9.01.